The molecule has 2 amide bonds. The molecule has 0 radical (unpaired) electrons. The highest BCUT2D eigenvalue weighted by molar-refractivity contribution is 5.79. The molecule has 1 aliphatic heterocycles. The number of rotatable bonds is 14. The molecule has 1 heterocycles. The SMILES string of the molecule is CCCCCCC(=O)N1CCN(CCN(C/C=C/c2ccccc2OC)C(=O)Cc2ccccc2)CC1. The lowest BCUT2D eigenvalue weighted by Gasteiger charge is -2.36. The molecule has 37 heavy (non-hydrogen) atoms. The van der Waals surface area contributed by atoms with Crippen LogP contribution in [0.15, 0.2) is 60.7 Å². The third-order valence-corrected chi connectivity index (χ3v) is 6.97. The molecule has 0 atom stereocenters. The smallest absolute Gasteiger partial charge is 0.227 e. The molecule has 0 unspecified atom stereocenters. The number of piperazine rings is 1. The normalized spacial score (nSPS) is 14.2. The molecule has 200 valence electrons. The van der Waals surface area contributed by atoms with Gasteiger partial charge in [-0.05, 0) is 18.1 Å². The van der Waals surface area contributed by atoms with E-state index in [1.54, 1.807) is 7.11 Å². The van der Waals surface area contributed by atoms with Crippen LogP contribution in [0.1, 0.15) is 50.2 Å². The van der Waals surface area contributed by atoms with Crippen LogP contribution in [0.25, 0.3) is 6.08 Å². The minimum absolute atomic E-state index is 0.122. The van der Waals surface area contributed by atoms with Crippen LogP contribution in [0.2, 0.25) is 0 Å². The van der Waals surface area contributed by atoms with E-state index in [9.17, 15) is 9.59 Å². The van der Waals surface area contributed by atoms with Crippen molar-refractivity contribution in [3.63, 3.8) is 0 Å². The molecule has 0 aliphatic carbocycles. The van der Waals surface area contributed by atoms with Crippen molar-refractivity contribution >= 4 is 17.9 Å². The summed E-state index contributed by atoms with van der Waals surface area (Å²) in [6, 6.07) is 17.8. The number of carbonyl (C=O) groups excluding carboxylic acids is 2. The van der Waals surface area contributed by atoms with Crippen molar-refractivity contribution in [2.75, 3.05) is 52.9 Å². The fourth-order valence-corrected chi connectivity index (χ4v) is 4.66. The van der Waals surface area contributed by atoms with E-state index < -0.39 is 0 Å². The van der Waals surface area contributed by atoms with Crippen LogP contribution in [-0.2, 0) is 16.0 Å². The summed E-state index contributed by atoms with van der Waals surface area (Å²) in [7, 11) is 1.67. The summed E-state index contributed by atoms with van der Waals surface area (Å²) in [5.41, 5.74) is 2.02. The van der Waals surface area contributed by atoms with Gasteiger partial charge in [0.05, 0.1) is 13.5 Å². The highest BCUT2D eigenvalue weighted by atomic mass is 16.5. The minimum Gasteiger partial charge on any atom is -0.496 e. The van der Waals surface area contributed by atoms with Crippen LogP contribution < -0.4 is 4.74 Å². The average Bonchev–Trinajstić information content (AvgIpc) is 2.93. The predicted molar refractivity (Wildman–Crippen MR) is 151 cm³/mol. The molecule has 1 saturated heterocycles. The van der Waals surface area contributed by atoms with E-state index in [1.807, 2.05) is 76.5 Å². The third kappa shape index (κ3) is 9.69. The molecule has 1 fully saturated rings. The van der Waals surface area contributed by atoms with E-state index >= 15 is 0 Å². The summed E-state index contributed by atoms with van der Waals surface area (Å²) in [6.07, 6.45) is 9.64. The first kappa shape index (κ1) is 28.5. The summed E-state index contributed by atoms with van der Waals surface area (Å²) in [5.74, 6) is 1.23. The first-order valence-corrected chi connectivity index (χ1v) is 13.7. The van der Waals surface area contributed by atoms with Crippen molar-refractivity contribution < 1.29 is 14.3 Å². The van der Waals surface area contributed by atoms with E-state index in [4.69, 9.17) is 4.74 Å². The maximum atomic E-state index is 13.2. The lowest BCUT2D eigenvalue weighted by Crippen LogP contribution is -2.50. The van der Waals surface area contributed by atoms with Gasteiger partial charge in [-0.25, -0.2) is 0 Å². The number of benzene rings is 2. The van der Waals surface area contributed by atoms with Gasteiger partial charge in [0.25, 0.3) is 0 Å². The number of amides is 2. The zero-order valence-electron chi connectivity index (χ0n) is 22.6. The Bertz CT molecular complexity index is 984. The lowest BCUT2D eigenvalue weighted by molar-refractivity contribution is -0.133. The van der Waals surface area contributed by atoms with Crippen LogP contribution >= 0.6 is 0 Å². The van der Waals surface area contributed by atoms with Crippen molar-refractivity contribution in [1.82, 2.24) is 14.7 Å². The first-order chi connectivity index (χ1) is 18.1. The monoisotopic (exact) mass is 505 g/mol. The van der Waals surface area contributed by atoms with Gasteiger partial charge in [-0.15, -0.1) is 0 Å². The number of para-hydroxylation sites is 1. The van der Waals surface area contributed by atoms with Crippen LogP contribution in [0.3, 0.4) is 0 Å². The predicted octanol–water partition coefficient (Wildman–Crippen LogP) is 4.89. The van der Waals surface area contributed by atoms with Crippen molar-refractivity contribution in [2.45, 2.75) is 45.4 Å². The topological polar surface area (TPSA) is 53.1 Å². The van der Waals surface area contributed by atoms with Gasteiger partial charge in [0.2, 0.25) is 11.8 Å². The third-order valence-electron chi connectivity index (χ3n) is 6.97. The maximum absolute atomic E-state index is 13.2. The molecule has 0 spiro atoms. The van der Waals surface area contributed by atoms with Crippen molar-refractivity contribution in [1.29, 1.82) is 0 Å². The van der Waals surface area contributed by atoms with Crippen LogP contribution in [0.4, 0.5) is 0 Å². The lowest BCUT2D eigenvalue weighted by atomic mass is 10.1. The van der Waals surface area contributed by atoms with Crippen LogP contribution in [0.5, 0.6) is 5.75 Å². The van der Waals surface area contributed by atoms with Crippen LogP contribution in [0, 0.1) is 0 Å². The van der Waals surface area contributed by atoms with Gasteiger partial charge in [0, 0.05) is 57.8 Å². The standard InChI is InChI=1S/C31H43N3O3/c1-3-4-5-9-18-30(35)34-24-21-32(22-25-34)20-23-33(31(36)26-27-13-7-6-8-14-27)19-12-16-28-15-10-11-17-29(28)37-2/h6-8,10-17H,3-5,9,18-26H2,1-2H3/b16-12+. The van der Waals surface area contributed by atoms with E-state index in [1.165, 1.54) is 12.8 Å². The first-order valence-electron chi connectivity index (χ1n) is 13.7. The number of hydrogen-bond acceptors (Lipinski definition) is 4. The molecular formula is C31H43N3O3. The largest absolute Gasteiger partial charge is 0.496 e. The van der Waals surface area contributed by atoms with Crippen molar-refractivity contribution in [3.8, 4) is 5.75 Å². The Morgan fingerprint density at radius 1 is 0.946 bits per heavy atom. The van der Waals surface area contributed by atoms with Gasteiger partial charge in [0.1, 0.15) is 5.75 Å². The molecule has 0 N–H and O–H groups in total. The second kappa shape index (κ2) is 15.9. The highest BCUT2D eigenvalue weighted by Crippen LogP contribution is 2.18. The molecule has 6 nitrogen and oxygen atoms in total. The van der Waals surface area contributed by atoms with Crippen molar-refractivity contribution in [2.24, 2.45) is 0 Å². The van der Waals surface area contributed by atoms with E-state index in [0.29, 0.717) is 25.9 Å². The zero-order chi connectivity index (χ0) is 26.3. The Balaban J connectivity index is 1.53. The Hall–Kier alpha value is -3.12. The molecule has 2 aromatic carbocycles. The van der Waals surface area contributed by atoms with Crippen molar-refractivity contribution in [3.05, 3.63) is 71.8 Å². The highest BCUT2D eigenvalue weighted by Gasteiger charge is 2.22. The number of unbranched alkanes of at least 4 members (excludes halogenated alkanes) is 3. The van der Waals surface area contributed by atoms with Crippen LogP contribution in [-0.4, -0.2) is 79.4 Å². The van der Waals surface area contributed by atoms with Gasteiger partial charge in [0.15, 0.2) is 0 Å². The van der Waals surface area contributed by atoms with E-state index in [0.717, 1.165) is 62.4 Å². The molecule has 1 aliphatic rings. The molecule has 2 aromatic rings. The molecule has 3 rings (SSSR count). The van der Waals surface area contributed by atoms with Gasteiger partial charge in [-0.2, -0.15) is 0 Å². The Morgan fingerprint density at radius 3 is 2.41 bits per heavy atom. The Kier molecular flexibility index (Phi) is 12.2. The molecule has 0 bridgehead atoms. The maximum Gasteiger partial charge on any atom is 0.227 e. The number of hydrogen-bond donors (Lipinski definition) is 0. The molecule has 0 saturated carbocycles. The Labute approximate surface area is 222 Å². The van der Waals surface area contributed by atoms with Gasteiger partial charge >= 0.3 is 0 Å². The van der Waals surface area contributed by atoms with Gasteiger partial charge in [-0.3, -0.25) is 14.5 Å². The number of nitrogens with zero attached hydrogens (tertiary/aromatic N) is 3. The van der Waals surface area contributed by atoms with E-state index in [2.05, 4.69) is 11.8 Å². The Morgan fingerprint density at radius 2 is 1.68 bits per heavy atom. The van der Waals surface area contributed by atoms with E-state index in [-0.39, 0.29) is 11.8 Å². The quantitative estimate of drug-likeness (QED) is 0.343. The average molecular weight is 506 g/mol. The fourth-order valence-electron chi connectivity index (χ4n) is 4.66. The summed E-state index contributed by atoms with van der Waals surface area (Å²) in [4.78, 5) is 32.1. The molecule has 0 aromatic heterocycles. The number of ether oxygens (including phenoxy) is 1. The van der Waals surface area contributed by atoms with Gasteiger partial charge < -0.3 is 14.5 Å². The summed E-state index contributed by atoms with van der Waals surface area (Å²) in [6.45, 7) is 7.47. The van der Waals surface area contributed by atoms with Gasteiger partial charge in [-0.1, -0.05) is 86.9 Å². The second-order valence-electron chi connectivity index (χ2n) is 9.68. The molecule has 6 heteroatoms. The number of carbonyl (C=O) groups is 2. The summed E-state index contributed by atoms with van der Waals surface area (Å²) in [5, 5.41) is 0. The zero-order valence-corrected chi connectivity index (χ0v) is 22.6. The second-order valence-corrected chi connectivity index (χ2v) is 9.68. The fraction of sp³-hybridized carbons (Fsp3) is 0.484. The number of methoxy groups -OCH3 is 1. The minimum atomic E-state index is 0.122. The summed E-state index contributed by atoms with van der Waals surface area (Å²) >= 11 is 0. The molecular weight excluding hydrogens is 462 g/mol. The summed E-state index contributed by atoms with van der Waals surface area (Å²) < 4.78 is 5.45.